The summed E-state index contributed by atoms with van der Waals surface area (Å²) in [6, 6.07) is 11.2. The number of nitrogens with two attached hydrogens (primary N) is 2. The third-order valence-corrected chi connectivity index (χ3v) is 3.16. The van der Waals surface area contributed by atoms with E-state index in [-0.39, 0.29) is 23.0 Å². The van der Waals surface area contributed by atoms with Crippen molar-refractivity contribution >= 4 is 11.9 Å². The number of furan rings is 1. The fourth-order valence-electron chi connectivity index (χ4n) is 2.18. The van der Waals surface area contributed by atoms with Gasteiger partial charge in [-0.3, -0.25) is 4.79 Å². The Kier molecular flexibility index (Phi) is 3.68. The summed E-state index contributed by atoms with van der Waals surface area (Å²) in [6.45, 7) is 0. The number of hydrogen-bond acceptors (Lipinski definition) is 2. The molecule has 7 heteroatoms. The van der Waals surface area contributed by atoms with Crippen molar-refractivity contribution in [3.05, 3.63) is 66.4 Å². The third-order valence-electron chi connectivity index (χ3n) is 3.16. The van der Waals surface area contributed by atoms with Crippen LogP contribution in [0.15, 0.2) is 64.3 Å². The summed E-state index contributed by atoms with van der Waals surface area (Å²) in [5.74, 6) is -1.44. The van der Waals surface area contributed by atoms with Crippen LogP contribution in [-0.4, -0.2) is 16.4 Å². The zero-order chi connectivity index (χ0) is 16.4. The predicted molar refractivity (Wildman–Crippen MR) is 83.6 cm³/mol. The molecule has 0 unspecified atom stereocenters. The highest BCUT2D eigenvalue weighted by Crippen LogP contribution is 2.30. The second-order valence-electron chi connectivity index (χ2n) is 4.74. The Bertz CT molecular complexity index is 877. The van der Waals surface area contributed by atoms with E-state index in [4.69, 9.17) is 15.9 Å². The number of benzene rings is 1. The van der Waals surface area contributed by atoms with Crippen molar-refractivity contribution in [1.82, 2.24) is 4.57 Å². The second kappa shape index (κ2) is 5.80. The van der Waals surface area contributed by atoms with E-state index < -0.39 is 11.7 Å². The quantitative estimate of drug-likeness (QED) is 0.572. The molecule has 1 aromatic carbocycles. The number of halogens is 1. The van der Waals surface area contributed by atoms with Gasteiger partial charge in [0.05, 0.1) is 11.3 Å². The standard InChI is InChI=1S/C16H13FN4O2/c17-11-6-2-1-5-10(11)13-9-12(21-7-3-4-8-21)14(23-13)15(22)20-16(18)19/h1-9H,(H4,18,19,20,22). The van der Waals surface area contributed by atoms with Gasteiger partial charge in [0.2, 0.25) is 5.76 Å². The van der Waals surface area contributed by atoms with Crippen molar-refractivity contribution in [2.75, 3.05) is 0 Å². The Labute approximate surface area is 130 Å². The summed E-state index contributed by atoms with van der Waals surface area (Å²) in [4.78, 5) is 15.6. The van der Waals surface area contributed by atoms with E-state index in [0.717, 1.165) is 0 Å². The lowest BCUT2D eigenvalue weighted by molar-refractivity contribution is 0.0977. The van der Waals surface area contributed by atoms with Crippen LogP contribution in [0.25, 0.3) is 17.0 Å². The molecular weight excluding hydrogens is 299 g/mol. The maximum atomic E-state index is 14.0. The minimum absolute atomic E-state index is 0.0761. The molecule has 0 aliphatic carbocycles. The fourth-order valence-corrected chi connectivity index (χ4v) is 2.18. The van der Waals surface area contributed by atoms with Crippen LogP contribution in [0.5, 0.6) is 0 Å². The third kappa shape index (κ3) is 2.84. The summed E-state index contributed by atoms with van der Waals surface area (Å²) in [6.07, 6.45) is 3.45. The first kappa shape index (κ1) is 14.6. The number of aliphatic imine (C=N–C) groups is 1. The van der Waals surface area contributed by atoms with Crippen LogP contribution < -0.4 is 11.5 Å². The van der Waals surface area contributed by atoms with Crippen LogP contribution in [0, 0.1) is 5.82 Å². The first-order chi connectivity index (χ1) is 11.1. The molecule has 3 aromatic rings. The normalized spacial score (nSPS) is 10.5. The number of hydrogen-bond donors (Lipinski definition) is 2. The number of nitrogens with zero attached hydrogens (tertiary/aromatic N) is 2. The Hall–Kier alpha value is -3.35. The number of carbonyl (C=O) groups excluding carboxylic acids is 1. The Morgan fingerprint density at radius 3 is 2.48 bits per heavy atom. The average Bonchev–Trinajstić information content (AvgIpc) is 3.16. The van der Waals surface area contributed by atoms with Gasteiger partial charge in [-0.2, -0.15) is 4.99 Å². The van der Waals surface area contributed by atoms with E-state index in [0.29, 0.717) is 5.69 Å². The minimum atomic E-state index is -0.740. The van der Waals surface area contributed by atoms with Crippen molar-refractivity contribution in [2.45, 2.75) is 0 Å². The zero-order valence-electron chi connectivity index (χ0n) is 11.9. The van der Waals surface area contributed by atoms with Crippen LogP contribution in [0.3, 0.4) is 0 Å². The van der Waals surface area contributed by atoms with Gasteiger partial charge in [-0.1, -0.05) is 12.1 Å². The number of aromatic nitrogens is 1. The van der Waals surface area contributed by atoms with E-state index >= 15 is 0 Å². The molecule has 0 saturated heterocycles. The number of carbonyl (C=O) groups is 1. The van der Waals surface area contributed by atoms with Crippen LogP contribution in [0.1, 0.15) is 10.6 Å². The fraction of sp³-hybridized carbons (Fsp3) is 0. The minimum Gasteiger partial charge on any atom is -0.448 e. The van der Waals surface area contributed by atoms with Gasteiger partial charge in [0.15, 0.2) is 5.96 Å². The van der Waals surface area contributed by atoms with Crippen LogP contribution in [0.4, 0.5) is 4.39 Å². The first-order valence-corrected chi connectivity index (χ1v) is 6.72. The van der Waals surface area contributed by atoms with Crippen LogP contribution >= 0.6 is 0 Å². The van der Waals surface area contributed by atoms with E-state index in [2.05, 4.69) is 4.99 Å². The van der Waals surface area contributed by atoms with Gasteiger partial charge < -0.3 is 20.5 Å². The lowest BCUT2D eigenvalue weighted by atomic mass is 10.1. The van der Waals surface area contributed by atoms with E-state index in [1.165, 1.54) is 6.07 Å². The maximum Gasteiger partial charge on any atom is 0.318 e. The number of amides is 1. The molecule has 4 N–H and O–H groups in total. The molecule has 0 bridgehead atoms. The second-order valence-corrected chi connectivity index (χ2v) is 4.74. The highest BCUT2D eigenvalue weighted by Gasteiger charge is 2.21. The Morgan fingerprint density at radius 2 is 1.83 bits per heavy atom. The molecule has 23 heavy (non-hydrogen) atoms. The van der Waals surface area contributed by atoms with Gasteiger partial charge in [0, 0.05) is 18.5 Å². The molecule has 116 valence electrons. The van der Waals surface area contributed by atoms with Gasteiger partial charge in [-0.15, -0.1) is 0 Å². The summed E-state index contributed by atoms with van der Waals surface area (Å²) < 4.78 is 21.1. The molecule has 0 radical (unpaired) electrons. The van der Waals surface area contributed by atoms with E-state index in [1.54, 1.807) is 53.4 Å². The molecule has 1 amide bonds. The van der Waals surface area contributed by atoms with Crippen LogP contribution in [-0.2, 0) is 0 Å². The number of rotatable bonds is 3. The van der Waals surface area contributed by atoms with Gasteiger partial charge >= 0.3 is 5.91 Å². The lowest BCUT2D eigenvalue weighted by Gasteiger charge is -2.00. The van der Waals surface area contributed by atoms with Crippen molar-refractivity contribution < 1.29 is 13.6 Å². The highest BCUT2D eigenvalue weighted by atomic mass is 19.1. The van der Waals surface area contributed by atoms with Crippen LogP contribution in [0.2, 0.25) is 0 Å². The lowest BCUT2D eigenvalue weighted by Crippen LogP contribution is -2.24. The molecule has 6 nitrogen and oxygen atoms in total. The monoisotopic (exact) mass is 312 g/mol. The summed E-state index contributed by atoms with van der Waals surface area (Å²) >= 11 is 0. The van der Waals surface area contributed by atoms with E-state index in [9.17, 15) is 9.18 Å². The molecule has 2 heterocycles. The smallest absolute Gasteiger partial charge is 0.318 e. The summed E-state index contributed by atoms with van der Waals surface area (Å²) in [7, 11) is 0. The Balaban J connectivity index is 2.17. The van der Waals surface area contributed by atoms with Gasteiger partial charge in [-0.05, 0) is 24.3 Å². The topological polar surface area (TPSA) is 99.5 Å². The van der Waals surface area contributed by atoms with Crippen molar-refractivity contribution in [2.24, 2.45) is 16.5 Å². The molecule has 0 saturated carbocycles. The van der Waals surface area contributed by atoms with Crippen molar-refractivity contribution in [1.29, 1.82) is 0 Å². The average molecular weight is 312 g/mol. The highest BCUT2D eigenvalue weighted by molar-refractivity contribution is 6.02. The zero-order valence-corrected chi connectivity index (χ0v) is 11.9. The maximum absolute atomic E-state index is 14.0. The molecule has 0 aliphatic rings. The SMILES string of the molecule is NC(N)=NC(=O)c1oc(-c2ccccc2F)cc1-n1cccc1. The largest absolute Gasteiger partial charge is 0.448 e. The van der Waals surface area contributed by atoms with Gasteiger partial charge in [-0.25, -0.2) is 4.39 Å². The Morgan fingerprint density at radius 1 is 1.13 bits per heavy atom. The summed E-state index contributed by atoms with van der Waals surface area (Å²) in [5.41, 5.74) is 11.1. The molecule has 0 aliphatic heterocycles. The van der Waals surface area contributed by atoms with Gasteiger partial charge in [0.25, 0.3) is 0 Å². The first-order valence-electron chi connectivity index (χ1n) is 6.72. The molecule has 2 aromatic heterocycles. The van der Waals surface area contributed by atoms with E-state index in [1.807, 2.05) is 0 Å². The molecular formula is C16H13FN4O2. The predicted octanol–water partition coefficient (Wildman–Crippen LogP) is 2.29. The molecule has 0 spiro atoms. The molecule has 0 fully saturated rings. The summed E-state index contributed by atoms with van der Waals surface area (Å²) in [5, 5.41) is 0. The van der Waals surface area contributed by atoms with Gasteiger partial charge in [0.1, 0.15) is 11.6 Å². The molecule has 3 rings (SSSR count). The van der Waals surface area contributed by atoms with Crippen molar-refractivity contribution in [3.63, 3.8) is 0 Å². The number of guanidine groups is 1. The van der Waals surface area contributed by atoms with Crippen molar-refractivity contribution in [3.8, 4) is 17.0 Å². The molecule has 0 atom stereocenters.